The van der Waals surface area contributed by atoms with Gasteiger partial charge in [-0.3, -0.25) is 13.9 Å². The second-order valence-corrected chi connectivity index (χ2v) is 12.3. The van der Waals surface area contributed by atoms with Crippen LogP contribution in [0.15, 0.2) is 71.6 Å². The molecule has 0 saturated heterocycles. The van der Waals surface area contributed by atoms with E-state index in [2.05, 4.69) is 5.32 Å². The maximum Gasteiger partial charge on any atom is 0.264 e. The minimum atomic E-state index is -4.26. The summed E-state index contributed by atoms with van der Waals surface area (Å²) in [6, 6.07) is 16.9. The Morgan fingerprint density at radius 1 is 0.925 bits per heavy atom. The van der Waals surface area contributed by atoms with Crippen molar-refractivity contribution < 1.29 is 18.0 Å². The topological polar surface area (TPSA) is 86.8 Å². The van der Waals surface area contributed by atoms with Crippen LogP contribution in [-0.2, 0) is 26.2 Å². The number of benzene rings is 3. The summed E-state index contributed by atoms with van der Waals surface area (Å²) in [5, 5.41) is 3.51. The predicted octanol–water partition coefficient (Wildman–Crippen LogP) is 6.48. The number of amides is 2. The molecule has 0 aliphatic rings. The quantitative estimate of drug-likeness (QED) is 0.250. The molecule has 0 aliphatic carbocycles. The van der Waals surface area contributed by atoms with Gasteiger partial charge in [-0.2, -0.15) is 0 Å². The van der Waals surface area contributed by atoms with E-state index in [4.69, 9.17) is 34.8 Å². The molecule has 0 aromatic heterocycles. The highest BCUT2D eigenvalue weighted by atomic mass is 35.5. The van der Waals surface area contributed by atoms with Crippen LogP contribution in [0.2, 0.25) is 15.1 Å². The van der Waals surface area contributed by atoms with Crippen LogP contribution in [0.3, 0.4) is 0 Å². The summed E-state index contributed by atoms with van der Waals surface area (Å²) in [7, 11) is -4.26. The third-order valence-corrected chi connectivity index (χ3v) is 9.12. The second kappa shape index (κ2) is 14.2. The third kappa shape index (κ3) is 7.69. The molecule has 3 rings (SSSR count). The number of halogens is 3. The van der Waals surface area contributed by atoms with Gasteiger partial charge in [0.25, 0.3) is 10.0 Å². The number of aryl methyl sites for hydroxylation is 1. The van der Waals surface area contributed by atoms with E-state index >= 15 is 0 Å². The number of rotatable bonds is 12. The summed E-state index contributed by atoms with van der Waals surface area (Å²) in [4.78, 5) is 28.6. The fourth-order valence-electron chi connectivity index (χ4n) is 4.11. The van der Waals surface area contributed by atoms with Crippen molar-refractivity contribution in [3.05, 3.63) is 92.9 Å². The highest BCUT2D eigenvalue weighted by Crippen LogP contribution is 2.35. The van der Waals surface area contributed by atoms with Crippen LogP contribution in [0.4, 0.5) is 5.69 Å². The minimum Gasteiger partial charge on any atom is -0.354 e. The van der Waals surface area contributed by atoms with Crippen molar-refractivity contribution in [3.8, 4) is 0 Å². The molecule has 0 fully saturated rings. The summed E-state index contributed by atoms with van der Waals surface area (Å²) >= 11 is 18.8. The van der Waals surface area contributed by atoms with Gasteiger partial charge >= 0.3 is 0 Å². The highest BCUT2D eigenvalue weighted by molar-refractivity contribution is 7.92. The molecule has 0 aliphatic heterocycles. The molecule has 2 amide bonds. The van der Waals surface area contributed by atoms with Gasteiger partial charge in [0, 0.05) is 18.1 Å². The molecule has 3 aromatic carbocycles. The third-order valence-electron chi connectivity index (χ3n) is 6.29. The fraction of sp³-hybridized carbons (Fsp3) is 0.310. The summed E-state index contributed by atoms with van der Waals surface area (Å²) in [6.07, 6.45) is 1.04. The van der Waals surface area contributed by atoms with Crippen molar-refractivity contribution in [2.24, 2.45) is 0 Å². The standard InChI is InChI=1S/C29H32Cl3N3O4S/c1-4-17-33-29(37)25(5-2)34(18-21-11-13-22(30)14-12-21)27(36)19-35(26-8-6-7-24(31)28(26)32)40(38,39)23-15-9-20(3)10-16-23/h6-16,25H,4-5,17-19H2,1-3H3,(H,33,37)/t25-/m1/s1. The van der Waals surface area contributed by atoms with Crippen molar-refractivity contribution in [3.63, 3.8) is 0 Å². The highest BCUT2D eigenvalue weighted by Gasteiger charge is 2.34. The second-order valence-electron chi connectivity index (χ2n) is 9.26. The predicted molar refractivity (Wildman–Crippen MR) is 162 cm³/mol. The van der Waals surface area contributed by atoms with Crippen LogP contribution in [0.1, 0.15) is 37.8 Å². The molecule has 0 unspecified atom stereocenters. The number of hydrogen-bond acceptors (Lipinski definition) is 4. The maximum atomic E-state index is 14.0. The van der Waals surface area contributed by atoms with E-state index in [1.807, 2.05) is 13.8 Å². The first-order valence-corrected chi connectivity index (χ1v) is 15.4. The van der Waals surface area contributed by atoms with Gasteiger partial charge in [0.2, 0.25) is 11.8 Å². The van der Waals surface area contributed by atoms with Crippen molar-refractivity contribution in [2.45, 2.75) is 51.1 Å². The van der Waals surface area contributed by atoms with E-state index in [9.17, 15) is 18.0 Å². The molecule has 3 aromatic rings. The van der Waals surface area contributed by atoms with Gasteiger partial charge in [0.1, 0.15) is 12.6 Å². The Bertz CT molecular complexity index is 1430. The number of anilines is 1. The van der Waals surface area contributed by atoms with Crippen molar-refractivity contribution in [1.82, 2.24) is 10.2 Å². The summed E-state index contributed by atoms with van der Waals surface area (Å²) < 4.78 is 28.8. The van der Waals surface area contributed by atoms with E-state index in [0.29, 0.717) is 18.0 Å². The zero-order valence-corrected chi connectivity index (χ0v) is 25.6. The molecular weight excluding hydrogens is 593 g/mol. The molecular formula is C29H32Cl3N3O4S. The number of carbonyl (C=O) groups is 2. The van der Waals surface area contributed by atoms with Crippen LogP contribution in [-0.4, -0.2) is 44.3 Å². The van der Waals surface area contributed by atoms with Gasteiger partial charge in [-0.25, -0.2) is 8.42 Å². The molecule has 0 saturated carbocycles. The SMILES string of the molecule is CCCNC(=O)[C@@H](CC)N(Cc1ccc(Cl)cc1)C(=O)CN(c1cccc(Cl)c1Cl)S(=O)(=O)c1ccc(C)cc1. The molecule has 1 N–H and O–H groups in total. The Morgan fingerprint density at radius 2 is 1.57 bits per heavy atom. The summed E-state index contributed by atoms with van der Waals surface area (Å²) in [5.74, 6) is -0.902. The first kappa shape index (κ1) is 31.7. The van der Waals surface area contributed by atoms with Crippen molar-refractivity contribution >= 4 is 62.3 Å². The van der Waals surface area contributed by atoms with Crippen LogP contribution in [0.5, 0.6) is 0 Å². The Hall–Kier alpha value is -2.78. The van der Waals surface area contributed by atoms with Gasteiger partial charge in [0.05, 0.1) is 20.6 Å². The molecule has 7 nitrogen and oxygen atoms in total. The van der Waals surface area contributed by atoms with Gasteiger partial charge < -0.3 is 10.2 Å². The zero-order valence-electron chi connectivity index (χ0n) is 22.5. The Labute approximate surface area is 251 Å². The normalized spacial score (nSPS) is 12.1. The van der Waals surface area contributed by atoms with E-state index in [0.717, 1.165) is 21.9 Å². The molecule has 40 heavy (non-hydrogen) atoms. The molecule has 0 heterocycles. The molecule has 214 valence electrons. The minimum absolute atomic E-state index is 0.00960. The number of sulfonamides is 1. The maximum absolute atomic E-state index is 14.0. The van der Waals surface area contributed by atoms with Crippen LogP contribution in [0, 0.1) is 6.92 Å². The average molecular weight is 625 g/mol. The molecule has 1 atom stereocenters. The number of hydrogen-bond donors (Lipinski definition) is 1. The number of nitrogens with one attached hydrogen (secondary N) is 1. The van der Waals surface area contributed by atoms with E-state index in [-0.39, 0.29) is 33.1 Å². The van der Waals surface area contributed by atoms with Crippen molar-refractivity contribution in [1.29, 1.82) is 0 Å². The van der Waals surface area contributed by atoms with E-state index in [1.165, 1.54) is 29.2 Å². The van der Waals surface area contributed by atoms with Crippen LogP contribution in [0.25, 0.3) is 0 Å². The lowest BCUT2D eigenvalue weighted by molar-refractivity contribution is -0.140. The Morgan fingerprint density at radius 3 is 2.17 bits per heavy atom. The lowest BCUT2D eigenvalue weighted by atomic mass is 10.1. The lowest BCUT2D eigenvalue weighted by Crippen LogP contribution is -2.52. The van der Waals surface area contributed by atoms with Crippen LogP contribution >= 0.6 is 34.8 Å². The zero-order chi connectivity index (χ0) is 29.4. The summed E-state index contributed by atoms with van der Waals surface area (Å²) in [6.45, 7) is 5.48. The van der Waals surface area contributed by atoms with Gasteiger partial charge in [-0.15, -0.1) is 0 Å². The van der Waals surface area contributed by atoms with Crippen LogP contribution < -0.4 is 9.62 Å². The lowest BCUT2D eigenvalue weighted by Gasteiger charge is -2.33. The van der Waals surface area contributed by atoms with E-state index in [1.54, 1.807) is 49.4 Å². The molecule has 0 radical (unpaired) electrons. The number of carbonyl (C=O) groups excluding carboxylic acids is 2. The van der Waals surface area contributed by atoms with Gasteiger partial charge in [-0.1, -0.05) is 84.5 Å². The summed E-state index contributed by atoms with van der Waals surface area (Å²) in [5.41, 5.74) is 1.66. The average Bonchev–Trinajstić information content (AvgIpc) is 2.93. The Kier molecular flexibility index (Phi) is 11.3. The largest absolute Gasteiger partial charge is 0.354 e. The smallest absolute Gasteiger partial charge is 0.264 e. The Balaban J connectivity index is 2.09. The monoisotopic (exact) mass is 623 g/mol. The first-order chi connectivity index (χ1) is 19.0. The van der Waals surface area contributed by atoms with Crippen molar-refractivity contribution in [2.75, 3.05) is 17.4 Å². The molecule has 0 bridgehead atoms. The molecule has 11 heteroatoms. The van der Waals surface area contributed by atoms with Gasteiger partial charge in [0.15, 0.2) is 0 Å². The van der Waals surface area contributed by atoms with E-state index < -0.39 is 28.5 Å². The number of nitrogens with zero attached hydrogens (tertiary/aromatic N) is 2. The van der Waals surface area contributed by atoms with Gasteiger partial charge in [-0.05, 0) is 61.7 Å². The first-order valence-electron chi connectivity index (χ1n) is 12.8. The fourth-order valence-corrected chi connectivity index (χ4v) is 6.11. The molecule has 0 spiro atoms.